The second-order valence-electron chi connectivity index (χ2n) is 5.51. The van der Waals surface area contributed by atoms with Gasteiger partial charge in [-0.25, -0.2) is 5.43 Å². The number of hydrazone groups is 1. The molecule has 0 saturated carbocycles. The number of nitrogens with zero attached hydrogens (tertiary/aromatic N) is 4. The molecule has 1 heterocycles. The molecule has 138 valence electrons. The van der Waals surface area contributed by atoms with Crippen LogP contribution in [0.1, 0.15) is 5.56 Å². The molecule has 0 aliphatic carbocycles. The zero-order valence-electron chi connectivity index (χ0n) is 14.3. The van der Waals surface area contributed by atoms with Gasteiger partial charge >= 0.3 is 0 Å². The van der Waals surface area contributed by atoms with Crippen LogP contribution in [-0.2, 0) is 11.8 Å². The highest BCUT2D eigenvalue weighted by atomic mass is 79.9. The number of carbonyl (C=O) groups is 1. The lowest BCUT2D eigenvalue weighted by atomic mass is 10.2. The van der Waals surface area contributed by atoms with Gasteiger partial charge in [-0.2, -0.15) is 5.10 Å². The lowest BCUT2D eigenvalue weighted by molar-refractivity contribution is -0.118. The molecule has 0 unspecified atom stereocenters. The fraction of sp³-hybridized carbons (Fsp3) is 0.111. The Balaban J connectivity index is 1.54. The quantitative estimate of drug-likeness (QED) is 0.307. The zero-order valence-corrected chi connectivity index (χ0v) is 18.3. The fourth-order valence-electron chi connectivity index (χ4n) is 2.18. The van der Waals surface area contributed by atoms with Crippen molar-refractivity contribution in [3.8, 4) is 11.4 Å². The van der Waals surface area contributed by atoms with Gasteiger partial charge in [0.05, 0.1) is 12.0 Å². The molecule has 0 fully saturated rings. The molecule has 2 aromatic carbocycles. The molecule has 0 bridgehead atoms. The second kappa shape index (κ2) is 9.29. The van der Waals surface area contributed by atoms with Gasteiger partial charge in [0.15, 0.2) is 11.0 Å². The average Bonchev–Trinajstić information content (AvgIpc) is 3.03. The molecular weight excluding hydrogens is 494 g/mol. The first kappa shape index (κ1) is 19.8. The Morgan fingerprint density at radius 2 is 1.74 bits per heavy atom. The predicted molar refractivity (Wildman–Crippen MR) is 115 cm³/mol. The molecule has 1 amide bonds. The number of halogens is 2. The highest BCUT2D eigenvalue weighted by Gasteiger charge is 2.12. The maximum Gasteiger partial charge on any atom is 0.250 e. The molecule has 6 nitrogen and oxygen atoms in total. The number of nitrogens with one attached hydrogen (secondary N) is 1. The third kappa shape index (κ3) is 5.50. The zero-order chi connectivity index (χ0) is 19.2. The predicted octanol–water partition coefficient (Wildman–Crippen LogP) is 4.25. The Bertz CT molecular complexity index is 955. The molecule has 0 saturated heterocycles. The van der Waals surface area contributed by atoms with Gasteiger partial charge in [0.1, 0.15) is 0 Å². The van der Waals surface area contributed by atoms with E-state index in [2.05, 4.69) is 52.6 Å². The number of rotatable bonds is 6. The summed E-state index contributed by atoms with van der Waals surface area (Å²) in [5, 5.41) is 13.0. The van der Waals surface area contributed by atoms with E-state index in [0.717, 1.165) is 25.9 Å². The molecule has 1 aromatic heterocycles. The number of aromatic nitrogens is 3. The van der Waals surface area contributed by atoms with Gasteiger partial charge in [-0.05, 0) is 29.8 Å². The van der Waals surface area contributed by atoms with Crippen LogP contribution in [0.25, 0.3) is 11.4 Å². The number of amides is 1. The van der Waals surface area contributed by atoms with Crippen molar-refractivity contribution in [1.82, 2.24) is 20.2 Å². The molecule has 3 aromatic rings. The van der Waals surface area contributed by atoms with Crippen molar-refractivity contribution in [2.45, 2.75) is 5.16 Å². The van der Waals surface area contributed by atoms with Gasteiger partial charge in [0.25, 0.3) is 5.91 Å². The van der Waals surface area contributed by atoms with Gasteiger partial charge in [-0.3, -0.25) is 4.79 Å². The Hall–Kier alpha value is -1.97. The monoisotopic (exact) mass is 507 g/mol. The van der Waals surface area contributed by atoms with Crippen LogP contribution in [0, 0.1) is 0 Å². The minimum Gasteiger partial charge on any atom is -0.305 e. The highest BCUT2D eigenvalue weighted by molar-refractivity contribution is 9.10. The lowest BCUT2D eigenvalue weighted by Crippen LogP contribution is -2.19. The molecule has 3 rings (SSSR count). The minimum atomic E-state index is -0.207. The van der Waals surface area contributed by atoms with Crippen molar-refractivity contribution in [2.75, 3.05) is 5.75 Å². The van der Waals surface area contributed by atoms with E-state index in [0.29, 0.717) is 5.16 Å². The minimum absolute atomic E-state index is 0.198. The molecule has 0 radical (unpaired) electrons. The van der Waals surface area contributed by atoms with Crippen LogP contribution in [0.15, 0.2) is 67.7 Å². The van der Waals surface area contributed by atoms with Gasteiger partial charge in [0.2, 0.25) is 0 Å². The number of hydrogen-bond acceptors (Lipinski definition) is 5. The summed E-state index contributed by atoms with van der Waals surface area (Å²) in [4.78, 5) is 12.0. The summed E-state index contributed by atoms with van der Waals surface area (Å²) in [6.45, 7) is 0. The maximum absolute atomic E-state index is 12.0. The van der Waals surface area contributed by atoms with Gasteiger partial charge in [0, 0.05) is 21.6 Å². The summed E-state index contributed by atoms with van der Waals surface area (Å²) < 4.78 is 3.86. The summed E-state index contributed by atoms with van der Waals surface area (Å²) >= 11 is 8.10. The Kier molecular flexibility index (Phi) is 6.81. The molecule has 0 aliphatic rings. The van der Waals surface area contributed by atoms with Crippen LogP contribution in [-0.4, -0.2) is 32.6 Å². The van der Waals surface area contributed by atoms with E-state index in [1.807, 2.05) is 60.1 Å². The summed E-state index contributed by atoms with van der Waals surface area (Å²) in [5.41, 5.74) is 4.38. The molecule has 0 atom stereocenters. The van der Waals surface area contributed by atoms with Crippen molar-refractivity contribution >= 4 is 55.7 Å². The van der Waals surface area contributed by atoms with E-state index < -0.39 is 0 Å². The fourth-order valence-corrected chi connectivity index (χ4v) is 3.41. The first-order chi connectivity index (χ1) is 13.0. The van der Waals surface area contributed by atoms with Crippen molar-refractivity contribution in [3.63, 3.8) is 0 Å². The molecule has 0 aliphatic heterocycles. The molecule has 9 heteroatoms. The van der Waals surface area contributed by atoms with Gasteiger partial charge in [-0.15, -0.1) is 10.2 Å². The summed E-state index contributed by atoms with van der Waals surface area (Å²) in [7, 11) is 1.88. The van der Waals surface area contributed by atoms with Crippen molar-refractivity contribution < 1.29 is 4.79 Å². The summed E-state index contributed by atoms with van der Waals surface area (Å²) in [5.74, 6) is 0.740. The molecule has 1 N–H and O–H groups in total. The highest BCUT2D eigenvalue weighted by Crippen LogP contribution is 2.23. The van der Waals surface area contributed by atoms with Crippen molar-refractivity contribution in [3.05, 3.63) is 63.0 Å². The van der Waals surface area contributed by atoms with Crippen LogP contribution >= 0.6 is 43.6 Å². The Morgan fingerprint density at radius 3 is 2.41 bits per heavy atom. The molecular formula is C18H15Br2N5OS. The van der Waals surface area contributed by atoms with Crippen molar-refractivity contribution in [2.24, 2.45) is 12.1 Å². The average molecular weight is 509 g/mol. The lowest BCUT2D eigenvalue weighted by Gasteiger charge is -2.04. The number of benzene rings is 2. The third-order valence-electron chi connectivity index (χ3n) is 3.54. The van der Waals surface area contributed by atoms with Gasteiger partial charge < -0.3 is 4.57 Å². The molecule has 27 heavy (non-hydrogen) atoms. The summed E-state index contributed by atoms with van der Waals surface area (Å²) in [6, 6.07) is 15.5. The second-order valence-corrected chi connectivity index (χ2v) is 8.28. The number of hydrogen-bond donors (Lipinski definition) is 1. The van der Waals surface area contributed by atoms with E-state index in [1.54, 1.807) is 6.21 Å². The number of carbonyl (C=O) groups excluding carboxylic acids is 1. The number of thioether (sulfide) groups is 1. The smallest absolute Gasteiger partial charge is 0.250 e. The first-order valence-electron chi connectivity index (χ1n) is 7.88. The van der Waals surface area contributed by atoms with E-state index in [1.165, 1.54) is 11.8 Å². The first-order valence-corrected chi connectivity index (χ1v) is 10.5. The standard InChI is InChI=1S/C18H15Br2N5OS/c1-25-17(13-4-8-15(20)9-5-13)23-24-18(25)27-11-16(26)22-21-10-12-2-6-14(19)7-3-12/h2-10H,11H2,1H3,(H,22,26)/b21-10+. The van der Waals surface area contributed by atoms with Crippen LogP contribution < -0.4 is 5.43 Å². The largest absolute Gasteiger partial charge is 0.305 e. The normalized spacial score (nSPS) is 11.1. The van der Waals surface area contributed by atoms with Crippen LogP contribution in [0.2, 0.25) is 0 Å². The van der Waals surface area contributed by atoms with E-state index in [9.17, 15) is 4.79 Å². The van der Waals surface area contributed by atoms with Crippen LogP contribution in [0.4, 0.5) is 0 Å². The third-order valence-corrected chi connectivity index (χ3v) is 5.62. The summed E-state index contributed by atoms with van der Waals surface area (Å²) in [6.07, 6.45) is 1.60. The van der Waals surface area contributed by atoms with E-state index in [4.69, 9.17) is 0 Å². The van der Waals surface area contributed by atoms with Crippen LogP contribution in [0.5, 0.6) is 0 Å². The van der Waals surface area contributed by atoms with Gasteiger partial charge in [-0.1, -0.05) is 67.9 Å². The topological polar surface area (TPSA) is 72.2 Å². The molecule has 0 spiro atoms. The van der Waals surface area contributed by atoms with Crippen molar-refractivity contribution in [1.29, 1.82) is 0 Å². The Morgan fingerprint density at radius 1 is 1.11 bits per heavy atom. The maximum atomic E-state index is 12.0. The SMILES string of the molecule is Cn1c(SCC(=O)N/N=C/c2ccc(Br)cc2)nnc1-c1ccc(Br)cc1. The van der Waals surface area contributed by atoms with E-state index >= 15 is 0 Å². The van der Waals surface area contributed by atoms with Crippen LogP contribution in [0.3, 0.4) is 0 Å². The Labute approximate surface area is 177 Å². The van der Waals surface area contributed by atoms with E-state index in [-0.39, 0.29) is 11.7 Å².